The molecule has 0 atom stereocenters. The molecule has 1 rings (SSSR count). The summed E-state index contributed by atoms with van der Waals surface area (Å²) in [7, 11) is 0. The molecule has 0 saturated heterocycles. The van der Waals surface area contributed by atoms with Crippen LogP contribution in [0.5, 0.6) is 0 Å². The van der Waals surface area contributed by atoms with Gasteiger partial charge in [-0.2, -0.15) is 13.2 Å². The van der Waals surface area contributed by atoms with Crippen molar-refractivity contribution in [3.63, 3.8) is 0 Å². The van der Waals surface area contributed by atoms with Gasteiger partial charge in [-0.15, -0.1) is 0 Å². The number of rotatable bonds is 5. The summed E-state index contributed by atoms with van der Waals surface area (Å²) < 4.78 is 38.2. The van der Waals surface area contributed by atoms with Gasteiger partial charge in [-0.25, -0.2) is 4.79 Å². The smallest absolute Gasteiger partial charge is 0.416 e. The van der Waals surface area contributed by atoms with E-state index in [1.54, 1.807) is 6.92 Å². The van der Waals surface area contributed by atoms with Crippen molar-refractivity contribution in [1.29, 1.82) is 0 Å². The molecule has 0 bridgehead atoms. The van der Waals surface area contributed by atoms with Crippen molar-refractivity contribution in [2.75, 3.05) is 18.4 Å². The fraction of sp³-hybridized carbons (Fsp3) is 0.308. The number of carbonyl (C=O) groups is 3. The number of nitrogens with one attached hydrogen (secondary N) is 3. The van der Waals surface area contributed by atoms with E-state index in [2.05, 4.69) is 10.6 Å². The summed E-state index contributed by atoms with van der Waals surface area (Å²) in [6.45, 7) is 1.13. The van der Waals surface area contributed by atoms with Crippen molar-refractivity contribution < 1.29 is 32.7 Å². The van der Waals surface area contributed by atoms with Gasteiger partial charge in [0.25, 0.3) is 5.91 Å². The van der Waals surface area contributed by atoms with Gasteiger partial charge in [-0.05, 0) is 25.1 Å². The lowest BCUT2D eigenvalue weighted by Crippen LogP contribution is -2.32. The van der Waals surface area contributed by atoms with Gasteiger partial charge in [0.1, 0.15) is 6.54 Å². The molecule has 1 aromatic carbocycles. The van der Waals surface area contributed by atoms with Crippen LogP contribution in [0.2, 0.25) is 0 Å². The van der Waals surface area contributed by atoms with E-state index in [1.807, 2.05) is 5.32 Å². The molecule has 1 aromatic rings. The number of carboxylic acids is 1. The molecule has 3 amide bonds. The molecule has 0 aliphatic heterocycles. The Balaban J connectivity index is 3.15. The summed E-state index contributed by atoms with van der Waals surface area (Å²) in [5.41, 5.74) is -1.77. The molecule has 0 heterocycles. The van der Waals surface area contributed by atoms with Crippen LogP contribution in [0.3, 0.4) is 0 Å². The minimum atomic E-state index is -4.69. The van der Waals surface area contributed by atoms with Crippen LogP contribution in [0.4, 0.5) is 23.7 Å². The van der Waals surface area contributed by atoms with Crippen molar-refractivity contribution in [3.05, 3.63) is 29.3 Å². The topological polar surface area (TPSA) is 108 Å². The molecule has 0 aliphatic carbocycles. The lowest BCUT2D eigenvalue weighted by Gasteiger charge is -2.14. The number of carboxylic acid groups (broad SMARTS) is 1. The molecule has 0 fully saturated rings. The highest BCUT2D eigenvalue weighted by atomic mass is 19.4. The van der Waals surface area contributed by atoms with Gasteiger partial charge in [0.15, 0.2) is 0 Å². The SMILES string of the molecule is CCNC(=O)Nc1ccc(C(F)(F)F)cc1C(=O)NCC(=O)O. The van der Waals surface area contributed by atoms with Crippen LogP contribution in [0.1, 0.15) is 22.8 Å². The third kappa shape index (κ3) is 5.49. The molecule has 7 nitrogen and oxygen atoms in total. The summed E-state index contributed by atoms with van der Waals surface area (Å²) in [5, 5.41) is 15.0. The fourth-order valence-corrected chi connectivity index (χ4v) is 1.60. The average molecular weight is 333 g/mol. The average Bonchev–Trinajstić information content (AvgIpc) is 2.44. The predicted molar refractivity (Wildman–Crippen MR) is 74.1 cm³/mol. The first-order valence-electron chi connectivity index (χ1n) is 6.41. The summed E-state index contributed by atoms with van der Waals surface area (Å²) in [6, 6.07) is 1.46. The van der Waals surface area contributed by atoms with Crippen LogP contribution >= 0.6 is 0 Å². The zero-order valence-corrected chi connectivity index (χ0v) is 12.0. The fourth-order valence-electron chi connectivity index (χ4n) is 1.60. The Bertz CT molecular complexity index is 617. The van der Waals surface area contributed by atoms with E-state index < -0.39 is 41.8 Å². The molecule has 0 radical (unpaired) electrons. The van der Waals surface area contributed by atoms with E-state index in [0.717, 1.165) is 6.07 Å². The van der Waals surface area contributed by atoms with E-state index in [4.69, 9.17) is 5.11 Å². The standard InChI is InChI=1S/C13H14F3N3O4/c1-2-17-12(23)19-9-4-3-7(13(14,15)16)5-8(9)11(22)18-6-10(20)21/h3-5H,2,6H2,1H3,(H,18,22)(H,20,21)(H2,17,19,23). The van der Waals surface area contributed by atoms with E-state index in [-0.39, 0.29) is 12.2 Å². The van der Waals surface area contributed by atoms with Crippen LogP contribution in [-0.4, -0.2) is 36.1 Å². The number of amides is 3. The van der Waals surface area contributed by atoms with Gasteiger partial charge < -0.3 is 21.1 Å². The Labute approximate surface area is 128 Å². The maximum absolute atomic E-state index is 12.7. The number of urea groups is 1. The molecule has 0 aliphatic rings. The summed E-state index contributed by atoms with van der Waals surface area (Å²) in [5.74, 6) is -2.41. The molecule has 10 heteroatoms. The lowest BCUT2D eigenvalue weighted by molar-refractivity contribution is -0.138. The largest absolute Gasteiger partial charge is 0.480 e. The Kier molecular flexibility index (Phi) is 5.94. The van der Waals surface area contributed by atoms with Crippen LogP contribution in [0, 0.1) is 0 Å². The second kappa shape index (κ2) is 7.47. The number of hydrogen-bond donors (Lipinski definition) is 4. The third-order valence-corrected chi connectivity index (χ3v) is 2.58. The molecule has 0 aromatic heterocycles. The normalized spacial score (nSPS) is 10.8. The van der Waals surface area contributed by atoms with Crippen molar-refractivity contribution in [1.82, 2.24) is 10.6 Å². The Hall–Kier alpha value is -2.78. The first-order valence-corrected chi connectivity index (χ1v) is 6.41. The number of carbonyl (C=O) groups excluding carboxylic acids is 2. The van der Waals surface area contributed by atoms with Gasteiger partial charge in [-0.1, -0.05) is 0 Å². The molecule has 0 saturated carbocycles. The maximum Gasteiger partial charge on any atom is 0.416 e. The number of aliphatic carboxylic acids is 1. The minimum absolute atomic E-state index is 0.174. The first kappa shape index (κ1) is 18.3. The maximum atomic E-state index is 12.7. The van der Waals surface area contributed by atoms with Crippen molar-refractivity contribution in [2.45, 2.75) is 13.1 Å². The van der Waals surface area contributed by atoms with Crippen LogP contribution in [0.25, 0.3) is 0 Å². The summed E-state index contributed by atoms with van der Waals surface area (Å²) in [4.78, 5) is 33.8. The highest BCUT2D eigenvalue weighted by molar-refractivity contribution is 6.04. The molecule has 0 spiro atoms. The van der Waals surface area contributed by atoms with Crippen LogP contribution in [0.15, 0.2) is 18.2 Å². The van der Waals surface area contributed by atoms with Gasteiger partial charge in [0.2, 0.25) is 0 Å². The molecular weight excluding hydrogens is 319 g/mol. The zero-order valence-electron chi connectivity index (χ0n) is 12.0. The van der Waals surface area contributed by atoms with Gasteiger partial charge in [-0.3, -0.25) is 9.59 Å². The summed E-state index contributed by atoms with van der Waals surface area (Å²) in [6.07, 6.45) is -4.69. The quantitative estimate of drug-likeness (QED) is 0.657. The van der Waals surface area contributed by atoms with Crippen molar-refractivity contribution in [2.24, 2.45) is 0 Å². The van der Waals surface area contributed by atoms with E-state index in [9.17, 15) is 27.6 Å². The van der Waals surface area contributed by atoms with Gasteiger partial charge >= 0.3 is 18.2 Å². The Morgan fingerprint density at radius 1 is 1.17 bits per heavy atom. The first-order chi connectivity index (χ1) is 10.6. The van der Waals surface area contributed by atoms with Crippen LogP contribution in [-0.2, 0) is 11.0 Å². The molecule has 126 valence electrons. The number of halogens is 3. The second-order valence-corrected chi connectivity index (χ2v) is 4.32. The predicted octanol–water partition coefficient (Wildman–Crippen LogP) is 1.66. The summed E-state index contributed by atoms with van der Waals surface area (Å²) >= 11 is 0. The number of anilines is 1. The van der Waals surface area contributed by atoms with Crippen LogP contribution < -0.4 is 16.0 Å². The Morgan fingerprint density at radius 2 is 1.83 bits per heavy atom. The van der Waals surface area contributed by atoms with Crippen molar-refractivity contribution in [3.8, 4) is 0 Å². The van der Waals surface area contributed by atoms with Crippen molar-refractivity contribution >= 4 is 23.6 Å². The molecular formula is C13H14F3N3O4. The number of hydrogen-bond acceptors (Lipinski definition) is 3. The van der Waals surface area contributed by atoms with Gasteiger partial charge in [0.05, 0.1) is 16.8 Å². The molecule has 23 heavy (non-hydrogen) atoms. The molecule has 4 N–H and O–H groups in total. The monoisotopic (exact) mass is 333 g/mol. The van der Waals surface area contributed by atoms with E-state index in [1.165, 1.54) is 0 Å². The Morgan fingerprint density at radius 3 is 2.35 bits per heavy atom. The molecule has 0 unspecified atom stereocenters. The third-order valence-electron chi connectivity index (χ3n) is 2.58. The number of alkyl halides is 3. The van der Waals surface area contributed by atoms with Gasteiger partial charge in [0, 0.05) is 6.54 Å². The van der Waals surface area contributed by atoms with E-state index >= 15 is 0 Å². The highest BCUT2D eigenvalue weighted by Crippen LogP contribution is 2.31. The van der Waals surface area contributed by atoms with E-state index in [0.29, 0.717) is 12.1 Å². The highest BCUT2D eigenvalue weighted by Gasteiger charge is 2.32. The minimum Gasteiger partial charge on any atom is -0.480 e. The second-order valence-electron chi connectivity index (χ2n) is 4.32. The zero-order chi connectivity index (χ0) is 17.6. The number of benzene rings is 1. The lowest BCUT2D eigenvalue weighted by atomic mass is 10.1.